The maximum Gasteiger partial charge on any atom is 0.407 e. The van der Waals surface area contributed by atoms with Crippen LogP contribution in [0.4, 0.5) is 9.59 Å². The molecule has 4 amide bonds. The lowest BCUT2D eigenvalue weighted by Crippen LogP contribution is -2.57. The van der Waals surface area contributed by atoms with Gasteiger partial charge in [0.1, 0.15) is 24.1 Å². The van der Waals surface area contributed by atoms with Gasteiger partial charge < -0.3 is 50.4 Å². The van der Waals surface area contributed by atoms with Gasteiger partial charge >= 0.3 is 12.2 Å². The Morgan fingerprint density at radius 3 is 2.08 bits per heavy atom. The average molecular weight is 864 g/mol. The number of likely N-dealkylation sites (tertiary alicyclic amines) is 3. The van der Waals surface area contributed by atoms with Gasteiger partial charge in [0.25, 0.3) is 0 Å². The smallest absolute Gasteiger partial charge is 0.407 e. The number of H-pyrrole nitrogens is 1. The molecule has 2 aromatic carbocycles. The zero-order valence-corrected chi connectivity index (χ0v) is 37.9. The average Bonchev–Trinajstić information content (AvgIpc) is 4.14. The van der Waals surface area contributed by atoms with Gasteiger partial charge in [-0.1, -0.05) is 64.1 Å². The molecule has 1 spiro atoms. The monoisotopic (exact) mass is 864 g/mol. The Morgan fingerprint density at radius 2 is 1.43 bits per heavy atom. The van der Waals surface area contributed by atoms with Gasteiger partial charge in [0, 0.05) is 36.8 Å². The number of imidazole rings is 1. The second-order valence-corrected chi connectivity index (χ2v) is 18.9. The van der Waals surface area contributed by atoms with Crippen LogP contribution in [0.5, 0.6) is 0 Å². The highest BCUT2D eigenvalue weighted by Crippen LogP contribution is 2.50. The maximum atomic E-state index is 13.9. The molecular weight excluding hydrogens is 799 g/mol. The molecule has 1 aromatic heterocycles. The van der Waals surface area contributed by atoms with Gasteiger partial charge in [-0.25, -0.2) is 14.6 Å². The molecule has 63 heavy (non-hydrogen) atoms. The predicted octanol–water partition coefficient (Wildman–Crippen LogP) is 5.89. The summed E-state index contributed by atoms with van der Waals surface area (Å²) in [4.78, 5) is 66.4. The number of alkyl carbamates (subject to hydrolysis) is 2. The van der Waals surface area contributed by atoms with Crippen molar-refractivity contribution in [1.82, 2.24) is 45.9 Å². The van der Waals surface area contributed by atoms with Crippen LogP contribution in [0.15, 0.2) is 48.8 Å². The number of hydrogen-bond donors (Lipinski definition) is 5. The number of amides is 4. The first kappa shape index (κ1) is 44.1. The number of carbonyl (C=O) groups excluding carboxylic acids is 4. The van der Waals surface area contributed by atoms with E-state index in [9.17, 15) is 19.2 Å². The first-order chi connectivity index (χ1) is 30.3. The molecule has 5 aliphatic rings. The highest BCUT2D eigenvalue weighted by molar-refractivity contribution is 5.87. The quantitative estimate of drug-likeness (QED) is 0.157. The third-order valence-electron chi connectivity index (χ3n) is 14.2. The number of nitrogens with zero attached hydrogens (tertiary/aromatic N) is 4. The fourth-order valence-electron chi connectivity index (χ4n) is 11.0. The number of likely N-dealkylation sites (N-methyl/N-ethyl adjacent to an activating group) is 1. The van der Waals surface area contributed by atoms with E-state index in [1.54, 1.807) is 0 Å². The summed E-state index contributed by atoms with van der Waals surface area (Å²) in [5.74, 6) is 0.334. The van der Waals surface area contributed by atoms with Crippen molar-refractivity contribution >= 4 is 29.7 Å². The van der Waals surface area contributed by atoms with Crippen molar-refractivity contribution in [3.8, 4) is 22.4 Å². The molecule has 8 rings (SSSR count). The Labute approximate surface area is 371 Å². The van der Waals surface area contributed by atoms with Crippen LogP contribution in [0, 0.1) is 11.8 Å². The molecule has 15 nitrogen and oxygen atoms in total. The Bertz CT molecular complexity index is 2220. The van der Waals surface area contributed by atoms with E-state index in [0.29, 0.717) is 13.1 Å². The number of carbonyl (C=O) groups is 4. The Kier molecular flexibility index (Phi) is 12.8. The number of ether oxygens (including phenoxy) is 2. The van der Waals surface area contributed by atoms with Crippen molar-refractivity contribution in [3.63, 3.8) is 0 Å². The first-order valence-electron chi connectivity index (χ1n) is 22.9. The van der Waals surface area contributed by atoms with Crippen molar-refractivity contribution in [2.45, 2.75) is 115 Å². The summed E-state index contributed by atoms with van der Waals surface area (Å²) in [6.07, 6.45) is 10.3. The Balaban J connectivity index is 1.03. The topological polar surface area (TPSA) is 173 Å². The summed E-state index contributed by atoms with van der Waals surface area (Å²) in [5, 5.41) is 12.9. The summed E-state index contributed by atoms with van der Waals surface area (Å²) in [5.41, 5.74) is 9.51. The van der Waals surface area contributed by atoms with Gasteiger partial charge in [0.05, 0.1) is 43.9 Å². The molecule has 0 saturated carbocycles. The number of aromatic amines is 1. The molecule has 338 valence electrons. The van der Waals surface area contributed by atoms with Gasteiger partial charge in [0.15, 0.2) is 0 Å². The van der Waals surface area contributed by atoms with Crippen molar-refractivity contribution in [3.05, 3.63) is 71.3 Å². The summed E-state index contributed by atoms with van der Waals surface area (Å²) < 4.78 is 9.65. The number of aromatic nitrogens is 2. The zero-order valence-electron chi connectivity index (χ0n) is 37.9. The summed E-state index contributed by atoms with van der Waals surface area (Å²) in [6.45, 7) is 11.0. The van der Waals surface area contributed by atoms with Gasteiger partial charge in [-0.3, -0.25) is 9.59 Å². The second-order valence-electron chi connectivity index (χ2n) is 18.9. The van der Waals surface area contributed by atoms with Crippen molar-refractivity contribution < 1.29 is 28.7 Å². The number of rotatable bonds is 11. The molecule has 5 heterocycles. The predicted molar refractivity (Wildman–Crippen MR) is 241 cm³/mol. The fourth-order valence-corrected chi connectivity index (χ4v) is 11.0. The number of benzene rings is 2. The van der Waals surface area contributed by atoms with Gasteiger partial charge in [0.2, 0.25) is 11.8 Å². The van der Waals surface area contributed by atoms with Crippen LogP contribution in [0.3, 0.4) is 0 Å². The van der Waals surface area contributed by atoms with E-state index in [-0.39, 0.29) is 47.3 Å². The molecule has 3 aromatic rings. The van der Waals surface area contributed by atoms with E-state index in [1.807, 2.05) is 43.7 Å². The number of hydrogen-bond acceptors (Lipinski definition) is 10. The van der Waals surface area contributed by atoms with E-state index in [0.717, 1.165) is 87.2 Å². The van der Waals surface area contributed by atoms with Crippen LogP contribution >= 0.6 is 0 Å². The molecule has 0 radical (unpaired) electrons. The summed E-state index contributed by atoms with van der Waals surface area (Å²) in [6, 6.07) is 11.7. The second kappa shape index (κ2) is 18.3. The minimum atomic E-state index is -0.689. The molecule has 5 N–H and O–H groups in total. The lowest BCUT2D eigenvalue weighted by atomic mass is 9.66. The largest absolute Gasteiger partial charge is 0.453 e. The van der Waals surface area contributed by atoms with E-state index in [4.69, 9.17) is 14.5 Å². The maximum absolute atomic E-state index is 13.9. The van der Waals surface area contributed by atoms with Crippen LogP contribution < -0.4 is 21.3 Å². The van der Waals surface area contributed by atoms with Crippen LogP contribution in [-0.2, 0) is 30.9 Å². The first-order valence-corrected chi connectivity index (χ1v) is 22.9. The van der Waals surface area contributed by atoms with Crippen molar-refractivity contribution in [2.24, 2.45) is 11.8 Å². The van der Waals surface area contributed by atoms with Crippen LogP contribution in [0.2, 0.25) is 0 Å². The van der Waals surface area contributed by atoms with Crippen LogP contribution in [0.1, 0.15) is 101 Å². The molecule has 2 unspecified atom stereocenters. The Hall–Kier alpha value is -5.57. The lowest BCUT2D eigenvalue weighted by Gasteiger charge is -2.39. The number of methoxy groups -OCH3 is 2. The molecule has 4 aliphatic heterocycles. The van der Waals surface area contributed by atoms with Gasteiger partial charge in [-0.2, -0.15) is 0 Å². The minimum absolute atomic E-state index is 0.0509. The molecule has 3 fully saturated rings. The lowest BCUT2D eigenvalue weighted by molar-refractivity contribution is -0.136. The summed E-state index contributed by atoms with van der Waals surface area (Å²) in [7, 11) is 4.85. The minimum Gasteiger partial charge on any atom is -0.453 e. The van der Waals surface area contributed by atoms with E-state index < -0.39 is 24.3 Å². The number of nitrogens with one attached hydrogen (secondary N) is 5. The highest BCUT2D eigenvalue weighted by atomic mass is 16.5. The highest BCUT2D eigenvalue weighted by Gasteiger charge is 2.45. The van der Waals surface area contributed by atoms with E-state index >= 15 is 0 Å². The van der Waals surface area contributed by atoms with Gasteiger partial charge in [-0.15, -0.1) is 0 Å². The van der Waals surface area contributed by atoms with Crippen molar-refractivity contribution in [1.29, 1.82) is 0 Å². The van der Waals surface area contributed by atoms with Gasteiger partial charge in [-0.05, 0) is 105 Å². The fraction of sp³-hybridized carbons (Fsp3) is 0.562. The normalized spacial score (nSPS) is 24.2. The summed E-state index contributed by atoms with van der Waals surface area (Å²) >= 11 is 0. The van der Waals surface area contributed by atoms with E-state index in [1.165, 1.54) is 42.0 Å². The SMILES string of the molecule is COC(=O)N[C@H](C(=O)N1CCC[C@H]1c1ncc(-c2ccc(-c3ccc(C4=CNC([C@@H]5CCCN5C(=O)[C@@H](NC(=O)OC)C(C)C)N4)c4c3C3(CCC4)CCN(C)C3)cc2)[nH]1)C(C)C. The molecule has 0 bridgehead atoms. The molecule has 15 heteroatoms. The Morgan fingerprint density at radius 1 is 0.794 bits per heavy atom. The van der Waals surface area contributed by atoms with Crippen LogP contribution in [-0.4, -0.2) is 120 Å². The zero-order chi connectivity index (χ0) is 44.6. The third kappa shape index (κ3) is 8.60. The van der Waals surface area contributed by atoms with Crippen LogP contribution in [0.25, 0.3) is 28.1 Å². The molecule has 3 saturated heterocycles. The number of fused-ring (bicyclic) bond motifs is 2. The van der Waals surface area contributed by atoms with E-state index in [2.05, 4.69) is 80.8 Å². The molecule has 6 atom stereocenters. The molecular formula is C48H65N9O6. The standard InChI is InChI=1S/C48H65N9O6/c1-28(2)40(53-46(60)62-6)44(58)56-22-9-12-37(56)42-49-25-35(51-42)31-16-14-30(15-17-31)32-18-19-33(34-11-8-20-48(39(32)34)21-24-55(5)27-48)36-26-50-43(52-36)38-13-10-23-57(38)45(59)41(29(3)4)54-47(61)63-7/h14-19,25-26,28-29,37-38,40-41,43,50,52H,8-13,20-24,27H2,1-7H3,(H,49,51)(H,53,60)(H,54,61)/t37-,38-,40-,41-,43?,48?/m0/s1. The third-order valence-corrected chi connectivity index (χ3v) is 14.2. The molecule has 1 aliphatic carbocycles. The van der Waals surface area contributed by atoms with Crippen molar-refractivity contribution in [2.75, 3.05) is 47.4 Å².